The number of hydrogen-bond acceptors (Lipinski definition) is 7. The third-order valence-corrected chi connectivity index (χ3v) is 8.09. The van der Waals surface area contributed by atoms with Gasteiger partial charge in [-0.15, -0.1) is 0 Å². The summed E-state index contributed by atoms with van der Waals surface area (Å²) >= 11 is 24.9. The van der Waals surface area contributed by atoms with Crippen molar-refractivity contribution in [1.29, 1.82) is 0 Å². The summed E-state index contributed by atoms with van der Waals surface area (Å²) < 4.78 is 27.1. The molecule has 1 saturated heterocycles. The number of benzene rings is 2. The zero-order valence-electron chi connectivity index (χ0n) is 21.1. The number of nitrogen functional groups attached to an aromatic ring is 1. The highest BCUT2D eigenvalue weighted by molar-refractivity contribution is 6.35. The molecule has 8 nitrogen and oxygen atoms in total. The molecule has 0 unspecified atom stereocenters. The van der Waals surface area contributed by atoms with Crippen LogP contribution in [0.25, 0.3) is 11.0 Å². The summed E-state index contributed by atoms with van der Waals surface area (Å²) in [7, 11) is 1.62. The molecule has 2 aromatic heterocycles. The van der Waals surface area contributed by atoms with Gasteiger partial charge in [0.25, 0.3) is 0 Å². The van der Waals surface area contributed by atoms with Crippen molar-refractivity contribution in [1.82, 2.24) is 14.5 Å². The highest BCUT2D eigenvalue weighted by Crippen LogP contribution is 2.44. The molecule has 4 atom stereocenters. The van der Waals surface area contributed by atoms with Crippen LogP contribution in [0.2, 0.25) is 20.1 Å². The average Bonchev–Trinajstić information content (AvgIpc) is 3.45. The number of nitrogens with zero attached hydrogens (tertiary/aromatic N) is 3. The molecule has 2 N–H and O–H groups in total. The first-order chi connectivity index (χ1) is 18.7. The smallest absolute Gasteiger partial charge is 0.167 e. The third-order valence-electron chi connectivity index (χ3n) is 6.92. The minimum atomic E-state index is -0.948. The lowest BCUT2D eigenvalue weighted by Gasteiger charge is -2.34. The fraction of sp³-hybridized carbons (Fsp3) is 0.333. The molecule has 2 aromatic carbocycles. The van der Waals surface area contributed by atoms with Crippen molar-refractivity contribution in [2.75, 3.05) is 19.5 Å². The van der Waals surface area contributed by atoms with Gasteiger partial charge >= 0.3 is 0 Å². The van der Waals surface area contributed by atoms with Crippen LogP contribution < -0.4 is 5.73 Å². The lowest BCUT2D eigenvalue weighted by Crippen LogP contribution is -2.47. The van der Waals surface area contributed by atoms with Crippen LogP contribution in [0.4, 0.5) is 5.82 Å². The second-order valence-corrected chi connectivity index (χ2v) is 11.0. The SMILES string of the molecule is CO[C@]1(C)[C@H](OCc2ccc(Cl)cc2Cl)[C@@H](COCc2ccc(Cl)cc2Cl)O[C@H]1n1ccc2c(N)ncnc21. The van der Waals surface area contributed by atoms with Crippen molar-refractivity contribution in [2.45, 2.75) is 44.2 Å². The van der Waals surface area contributed by atoms with Crippen LogP contribution in [0.3, 0.4) is 0 Å². The van der Waals surface area contributed by atoms with Crippen molar-refractivity contribution >= 4 is 63.3 Å². The van der Waals surface area contributed by atoms with Crippen LogP contribution in [0, 0.1) is 0 Å². The quantitative estimate of drug-likeness (QED) is 0.224. The van der Waals surface area contributed by atoms with Gasteiger partial charge in [-0.25, -0.2) is 9.97 Å². The maximum Gasteiger partial charge on any atom is 0.167 e. The van der Waals surface area contributed by atoms with Gasteiger partial charge in [0.15, 0.2) is 6.23 Å². The van der Waals surface area contributed by atoms with Crippen molar-refractivity contribution in [3.8, 4) is 0 Å². The number of aromatic nitrogens is 3. The highest BCUT2D eigenvalue weighted by Gasteiger charge is 2.56. The van der Waals surface area contributed by atoms with Crippen molar-refractivity contribution in [3.05, 3.63) is 86.2 Å². The molecule has 0 amide bonds. The molecule has 39 heavy (non-hydrogen) atoms. The van der Waals surface area contributed by atoms with Crippen molar-refractivity contribution < 1.29 is 18.9 Å². The predicted molar refractivity (Wildman–Crippen MR) is 152 cm³/mol. The average molecular weight is 612 g/mol. The van der Waals surface area contributed by atoms with Gasteiger partial charge in [0, 0.05) is 33.4 Å². The number of fused-ring (bicyclic) bond motifs is 1. The van der Waals surface area contributed by atoms with Gasteiger partial charge in [0.05, 0.1) is 25.2 Å². The van der Waals surface area contributed by atoms with E-state index in [2.05, 4.69) is 9.97 Å². The maximum absolute atomic E-state index is 6.58. The van der Waals surface area contributed by atoms with Crippen LogP contribution in [0.5, 0.6) is 0 Å². The van der Waals surface area contributed by atoms with Crippen molar-refractivity contribution in [3.63, 3.8) is 0 Å². The second-order valence-electron chi connectivity index (χ2n) is 9.35. The van der Waals surface area contributed by atoms with Crippen LogP contribution in [0.1, 0.15) is 24.3 Å². The Hall–Kier alpha value is -2.14. The molecule has 0 bridgehead atoms. The molecular formula is C27H26Cl4N4O4. The molecular weight excluding hydrogens is 586 g/mol. The van der Waals surface area contributed by atoms with Gasteiger partial charge in [-0.05, 0) is 48.4 Å². The second kappa shape index (κ2) is 11.8. The Morgan fingerprint density at radius 1 is 0.974 bits per heavy atom. The van der Waals surface area contributed by atoms with E-state index in [9.17, 15) is 0 Å². The van der Waals surface area contributed by atoms with E-state index in [0.717, 1.165) is 11.1 Å². The molecule has 1 fully saturated rings. The molecule has 1 aliphatic heterocycles. The van der Waals surface area contributed by atoms with Gasteiger partial charge in [-0.2, -0.15) is 0 Å². The number of halogens is 4. The van der Waals surface area contributed by atoms with Crippen LogP contribution in [0.15, 0.2) is 55.0 Å². The van der Waals surface area contributed by atoms with Crippen LogP contribution in [-0.2, 0) is 32.2 Å². The van der Waals surface area contributed by atoms with E-state index in [-0.39, 0.29) is 19.8 Å². The van der Waals surface area contributed by atoms with Crippen LogP contribution >= 0.6 is 46.4 Å². The van der Waals surface area contributed by atoms with E-state index in [0.29, 0.717) is 36.9 Å². The Labute approximate surface area is 245 Å². The molecule has 12 heteroatoms. The summed E-state index contributed by atoms with van der Waals surface area (Å²) in [5.41, 5.74) is 7.33. The first-order valence-electron chi connectivity index (χ1n) is 12.1. The summed E-state index contributed by atoms with van der Waals surface area (Å²) in [6.07, 6.45) is 1.57. The summed E-state index contributed by atoms with van der Waals surface area (Å²) in [4.78, 5) is 8.53. The fourth-order valence-corrected chi connectivity index (χ4v) is 5.69. The van der Waals surface area contributed by atoms with Gasteiger partial charge in [-0.3, -0.25) is 0 Å². The third kappa shape index (κ3) is 5.71. The normalized spacial score (nSPS) is 23.1. The van der Waals surface area contributed by atoms with E-state index in [1.807, 2.05) is 35.9 Å². The molecule has 0 saturated carbocycles. The van der Waals surface area contributed by atoms with Gasteiger partial charge in [0.2, 0.25) is 0 Å². The first-order valence-corrected chi connectivity index (χ1v) is 13.6. The Morgan fingerprint density at radius 2 is 1.64 bits per heavy atom. The standard InChI is InChI=1S/C27H26Cl4N4O4/c1-27(36-2)23(38-12-16-4-6-18(29)10-21(16)31)22(13-37-11-15-3-5-17(28)9-20(15)30)39-26(27)35-8-7-19-24(32)33-14-34-25(19)35/h3-10,14,22-23,26H,11-13H2,1-2H3,(H2,32,33,34)/t22-,23-,26-,27-/m1/s1. The Balaban J connectivity index is 1.43. The number of rotatable bonds is 9. The van der Waals surface area contributed by atoms with E-state index < -0.39 is 24.0 Å². The molecule has 0 radical (unpaired) electrons. The number of anilines is 1. The number of nitrogens with two attached hydrogens (primary N) is 1. The zero-order chi connectivity index (χ0) is 27.7. The van der Waals surface area contributed by atoms with Crippen molar-refractivity contribution in [2.24, 2.45) is 0 Å². The lowest BCUT2D eigenvalue weighted by atomic mass is 9.95. The highest BCUT2D eigenvalue weighted by atomic mass is 35.5. The Bertz CT molecular complexity index is 1490. The Morgan fingerprint density at radius 3 is 2.28 bits per heavy atom. The van der Waals surface area contributed by atoms with E-state index in [4.69, 9.17) is 71.1 Å². The van der Waals surface area contributed by atoms with E-state index in [1.165, 1.54) is 6.33 Å². The summed E-state index contributed by atoms with van der Waals surface area (Å²) in [6, 6.07) is 12.4. The first kappa shape index (κ1) is 28.4. The predicted octanol–water partition coefficient (Wildman–Crippen LogP) is 6.73. The fourth-order valence-electron chi connectivity index (χ4n) is 4.76. The molecule has 206 valence electrons. The maximum atomic E-state index is 6.58. The molecule has 0 spiro atoms. The van der Waals surface area contributed by atoms with E-state index in [1.54, 1.807) is 31.4 Å². The summed E-state index contributed by atoms with van der Waals surface area (Å²) in [6.45, 7) is 2.59. The summed E-state index contributed by atoms with van der Waals surface area (Å²) in [5, 5.41) is 2.84. The monoisotopic (exact) mass is 610 g/mol. The molecule has 0 aliphatic carbocycles. The molecule has 5 rings (SSSR count). The van der Waals surface area contributed by atoms with Gasteiger partial charge < -0.3 is 29.2 Å². The van der Waals surface area contributed by atoms with Crippen LogP contribution in [-0.4, -0.2) is 46.1 Å². The largest absolute Gasteiger partial charge is 0.383 e. The molecule has 3 heterocycles. The number of methoxy groups -OCH3 is 1. The Kier molecular flexibility index (Phi) is 8.56. The zero-order valence-corrected chi connectivity index (χ0v) is 24.1. The minimum Gasteiger partial charge on any atom is -0.383 e. The lowest BCUT2D eigenvalue weighted by molar-refractivity contribution is -0.135. The number of ether oxygens (including phenoxy) is 4. The number of hydrogen-bond donors (Lipinski definition) is 1. The topological polar surface area (TPSA) is 93.7 Å². The van der Waals surface area contributed by atoms with E-state index >= 15 is 0 Å². The molecule has 1 aliphatic rings. The van der Waals surface area contributed by atoms with Gasteiger partial charge in [0.1, 0.15) is 35.6 Å². The minimum absolute atomic E-state index is 0.198. The van der Waals surface area contributed by atoms with Gasteiger partial charge in [-0.1, -0.05) is 58.5 Å². The molecule has 4 aromatic rings. The summed E-state index contributed by atoms with van der Waals surface area (Å²) in [5.74, 6) is 0.376.